The van der Waals surface area contributed by atoms with Gasteiger partial charge in [-0.15, -0.1) is 0 Å². The lowest BCUT2D eigenvalue weighted by Crippen LogP contribution is -2.45. The van der Waals surface area contributed by atoms with Crippen molar-refractivity contribution >= 4 is 34.7 Å². The van der Waals surface area contributed by atoms with Gasteiger partial charge >= 0.3 is 0 Å². The largest absolute Gasteiger partial charge is 0.356 e. The van der Waals surface area contributed by atoms with Crippen molar-refractivity contribution in [2.45, 2.75) is 6.35 Å². The summed E-state index contributed by atoms with van der Waals surface area (Å²) in [5.41, 5.74) is -0.0327. The van der Waals surface area contributed by atoms with Gasteiger partial charge in [-0.1, -0.05) is 0 Å². The molecule has 0 aromatic carbocycles. The molecule has 0 bridgehead atoms. The summed E-state index contributed by atoms with van der Waals surface area (Å²) in [5, 5.41) is 17.3. The van der Waals surface area contributed by atoms with E-state index in [1.807, 2.05) is 0 Å². The highest BCUT2D eigenvalue weighted by atomic mass is 16.3. The number of hydrogen-bond donors (Lipinski definition) is 5. The number of H-pyrrole nitrogens is 1. The first-order chi connectivity index (χ1) is 11.6. The molecule has 1 aliphatic heterocycles. The van der Waals surface area contributed by atoms with Gasteiger partial charge in [0, 0.05) is 12.4 Å². The first kappa shape index (κ1) is 14.0. The molecule has 0 fully saturated rings. The zero-order valence-electron chi connectivity index (χ0n) is 11.8. The number of anilines is 3. The number of aromatic nitrogens is 6. The molecule has 1 aliphatic rings. The van der Waals surface area contributed by atoms with E-state index in [4.69, 9.17) is 0 Å². The summed E-state index contributed by atoms with van der Waals surface area (Å²) in [6.07, 6.45) is 2.66. The molecule has 0 saturated carbocycles. The quantitative estimate of drug-likeness (QED) is 0.380. The van der Waals surface area contributed by atoms with Crippen LogP contribution < -0.4 is 21.5 Å². The zero-order chi connectivity index (χ0) is 16.7. The normalized spacial score (nSPS) is 16.2. The monoisotopic (exact) mass is 327 g/mol. The predicted octanol–water partition coefficient (Wildman–Crippen LogP) is -1.32. The number of nitrogens with one attached hydrogen (secondary N) is 4. The Kier molecular flexibility index (Phi) is 3.03. The number of amides is 1. The molecule has 3 aromatic rings. The number of rotatable bonds is 2. The Hall–Kier alpha value is -3.67. The van der Waals surface area contributed by atoms with Crippen LogP contribution in [-0.2, 0) is 0 Å². The number of aromatic amines is 1. The molecule has 1 unspecified atom stereocenters. The number of carbonyl (C=O) groups is 1. The van der Waals surface area contributed by atoms with Crippen LogP contribution in [0.1, 0.15) is 10.4 Å². The van der Waals surface area contributed by atoms with E-state index in [0.717, 1.165) is 0 Å². The number of hydrogen-bond acceptors (Lipinski definition) is 10. The predicted molar refractivity (Wildman–Crippen MR) is 80.4 cm³/mol. The summed E-state index contributed by atoms with van der Waals surface area (Å²) >= 11 is 0. The van der Waals surface area contributed by atoms with Crippen molar-refractivity contribution in [3.8, 4) is 0 Å². The molecule has 0 radical (unpaired) electrons. The highest BCUT2D eigenvalue weighted by Gasteiger charge is 2.24. The van der Waals surface area contributed by atoms with Gasteiger partial charge in [0.25, 0.3) is 11.5 Å². The van der Waals surface area contributed by atoms with Crippen LogP contribution in [0.2, 0.25) is 0 Å². The summed E-state index contributed by atoms with van der Waals surface area (Å²) < 4.78 is 0. The van der Waals surface area contributed by atoms with Crippen LogP contribution >= 0.6 is 0 Å². The Labute approximate surface area is 132 Å². The topological polar surface area (TPSA) is 171 Å². The maximum Gasteiger partial charge on any atom is 0.263 e. The van der Waals surface area contributed by atoms with Crippen LogP contribution in [0.5, 0.6) is 0 Å². The minimum Gasteiger partial charge on any atom is -0.356 e. The lowest BCUT2D eigenvalue weighted by Gasteiger charge is -2.22. The molecule has 4 rings (SSSR count). The summed E-state index contributed by atoms with van der Waals surface area (Å²) in [6, 6.07) is 0. The average Bonchev–Trinajstić information content (AvgIpc) is 2.54. The van der Waals surface area contributed by atoms with Crippen molar-refractivity contribution < 1.29 is 9.90 Å². The molecule has 0 aliphatic carbocycles. The summed E-state index contributed by atoms with van der Waals surface area (Å²) in [5.74, 6) is -0.211. The van der Waals surface area contributed by atoms with Gasteiger partial charge in [0.1, 0.15) is 23.1 Å². The smallest absolute Gasteiger partial charge is 0.263 e. The fraction of sp³-hybridized carbons (Fsp3) is 0.0833. The molecule has 3 aromatic heterocycles. The lowest BCUT2D eigenvalue weighted by molar-refractivity contribution is 0.0811. The van der Waals surface area contributed by atoms with Gasteiger partial charge in [-0.2, -0.15) is 9.97 Å². The number of nitrogens with zero attached hydrogens (tertiary/aromatic N) is 5. The van der Waals surface area contributed by atoms with Gasteiger partial charge in [0.2, 0.25) is 18.2 Å². The Bertz CT molecular complexity index is 1020. The first-order valence-corrected chi connectivity index (χ1v) is 6.70. The van der Waals surface area contributed by atoms with Crippen LogP contribution in [0.15, 0.2) is 23.5 Å². The average molecular weight is 327 g/mol. The summed E-state index contributed by atoms with van der Waals surface area (Å²) in [6.45, 7) is 0. The van der Waals surface area contributed by atoms with Crippen LogP contribution in [0.3, 0.4) is 0 Å². The van der Waals surface area contributed by atoms with Crippen LogP contribution in [-0.4, -0.2) is 47.3 Å². The molecular formula is C12H9N9O3. The number of aliphatic hydroxyl groups excluding tert-OH is 1. The minimum absolute atomic E-state index is 0.0692. The van der Waals surface area contributed by atoms with E-state index in [-0.39, 0.29) is 34.3 Å². The molecule has 12 nitrogen and oxygen atoms in total. The minimum atomic E-state index is -1.25. The molecule has 4 heterocycles. The fourth-order valence-corrected chi connectivity index (χ4v) is 2.13. The number of fused-ring (bicyclic) bond motifs is 2. The summed E-state index contributed by atoms with van der Waals surface area (Å²) in [4.78, 5) is 46.0. The van der Waals surface area contributed by atoms with Crippen molar-refractivity contribution in [3.63, 3.8) is 0 Å². The van der Waals surface area contributed by atoms with Crippen molar-refractivity contribution in [2.24, 2.45) is 0 Å². The third-order valence-electron chi connectivity index (χ3n) is 3.19. The molecule has 1 atom stereocenters. The van der Waals surface area contributed by atoms with Gasteiger partial charge in [-0.05, 0) is 0 Å². The van der Waals surface area contributed by atoms with Crippen molar-refractivity contribution in [1.82, 2.24) is 35.2 Å². The van der Waals surface area contributed by atoms with E-state index in [1.165, 1.54) is 18.7 Å². The standard InChI is InChI=1S/C12H9N9O3/c22-8-4-1-13-3-15-6(4)16-11(19-8)21-10-14-2-5-7(17-10)18-12(24)20-9(5)23/h1-3,12,24H,(H,20,23)(H3,13,14,15,16,17,18,19,21,22). The highest BCUT2D eigenvalue weighted by molar-refractivity contribution is 6.00. The number of aliphatic hydroxyl groups is 1. The maximum atomic E-state index is 12.0. The van der Waals surface area contributed by atoms with Gasteiger partial charge < -0.3 is 15.7 Å². The van der Waals surface area contributed by atoms with Crippen molar-refractivity contribution in [1.29, 1.82) is 0 Å². The Morgan fingerprint density at radius 3 is 2.88 bits per heavy atom. The Morgan fingerprint density at radius 1 is 1.12 bits per heavy atom. The van der Waals surface area contributed by atoms with Gasteiger partial charge in [0.05, 0.1) is 0 Å². The number of carbonyl (C=O) groups excluding carboxylic acids is 1. The molecule has 24 heavy (non-hydrogen) atoms. The zero-order valence-corrected chi connectivity index (χ0v) is 11.8. The molecule has 1 amide bonds. The maximum absolute atomic E-state index is 12.0. The third kappa shape index (κ3) is 2.36. The van der Waals surface area contributed by atoms with Crippen molar-refractivity contribution in [2.75, 3.05) is 10.6 Å². The van der Waals surface area contributed by atoms with Crippen LogP contribution in [0.25, 0.3) is 11.0 Å². The molecule has 0 saturated heterocycles. The second-order valence-electron chi connectivity index (χ2n) is 4.78. The fourth-order valence-electron chi connectivity index (χ4n) is 2.13. The van der Waals surface area contributed by atoms with Gasteiger partial charge in [-0.3, -0.25) is 19.9 Å². The van der Waals surface area contributed by atoms with Crippen molar-refractivity contribution in [3.05, 3.63) is 34.6 Å². The van der Waals surface area contributed by atoms with E-state index in [0.29, 0.717) is 0 Å². The van der Waals surface area contributed by atoms with E-state index in [2.05, 4.69) is 45.9 Å². The molecule has 120 valence electrons. The molecule has 12 heteroatoms. The Morgan fingerprint density at radius 2 is 2.00 bits per heavy atom. The van der Waals surface area contributed by atoms with E-state index < -0.39 is 17.8 Å². The van der Waals surface area contributed by atoms with Gasteiger partial charge in [-0.25, -0.2) is 15.0 Å². The SMILES string of the molecule is O=C1NC(O)Nc2nc(Nc3nc4ncncc4c(=O)[nH]3)ncc21. The highest BCUT2D eigenvalue weighted by Crippen LogP contribution is 2.19. The second kappa shape index (κ2) is 5.20. The molecule has 5 N–H and O–H groups in total. The first-order valence-electron chi connectivity index (χ1n) is 6.70. The van der Waals surface area contributed by atoms with E-state index >= 15 is 0 Å². The molecule has 0 spiro atoms. The third-order valence-corrected chi connectivity index (χ3v) is 3.19. The van der Waals surface area contributed by atoms with Crippen LogP contribution in [0, 0.1) is 0 Å². The summed E-state index contributed by atoms with van der Waals surface area (Å²) in [7, 11) is 0. The lowest BCUT2D eigenvalue weighted by atomic mass is 10.2. The Balaban J connectivity index is 1.70. The molecular weight excluding hydrogens is 318 g/mol. The van der Waals surface area contributed by atoms with Crippen LogP contribution in [0.4, 0.5) is 17.7 Å². The van der Waals surface area contributed by atoms with Gasteiger partial charge in [0.15, 0.2) is 5.65 Å². The van der Waals surface area contributed by atoms with E-state index in [1.54, 1.807) is 0 Å². The van der Waals surface area contributed by atoms with E-state index in [9.17, 15) is 14.7 Å². The second-order valence-corrected chi connectivity index (χ2v) is 4.78.